The van der Waals surface area contributed by atoms with Gasteiger partial charge in [0.05, 0.1) is 11.6 Å². The van der Waals surface area contributed by atoms with Gasteiger partial charge in [-0.2, -0.15) is 10.5 Å². The molecule has 0 unspecified atom stereocenters. The van der Waals surface area contributed by atoms with Crippen LogP contribution in [0.1, 0.15) is 30.9 Å². The number of benzene rings is 2. The molecular weight excluding hydrogens is 312 g/mol. The monoisotopic (exact) mass is 330 g/mol. The number of rotatable bonds is 5. The third kappa shape index (κ3) is 4.95. The van der Waals surface area contributed by atoms with Gasteiger partial charge >= 0.3 is 0 Å². The molecule has 0 bridgehead atoms. The Hall–Kier alpha value is -3.57. The predicted molar refractivity (Wildman–Crippen MR) is 97.6 cm³/mol. The van der Waals surface area contributed by atoms with Crippen LogP contribution in [-0.4, -0.2) is 5.91 Å². The van der Waals surface area contributed by atoms with Crippen LogP contribution in [0.15, 0.2) is 60.3 Å². The molecule has 0 saturated heterocycles. The molecule has 2 rings (SSSR count). The Kier molecular flexibility index (Phi) is 5.92. The fraction of sp³-hybridized carbons (Fsp3) is 0.150. The lowest BCUT2D eigenvalue weighted by Crippen LogP contribution is -2.14. The largest absolute Gasteiger partial charge is 0.360 e. The maximum absolute atomic E-state index is 12.2. The van der Waals surface area contributed by atoms with E-state index in [9.17, 15) is 10.1 Å². The molecule has 0 radical (unpaired) electrons. The van der Waals surface area contributed by atoms with Crippen LogP contribution in [0.25, 0.3) is 0 Å². The van der Waals surface area contributed by atoms with Gasteiger partial charge in [-0.3, -0.25) is 4.79 Å². The molecule has 0 aliphatic heterocycles. The predicted octanol–water partition coefficient (Wildman–Crippen LogP) is 4.14. The molecule has 5 heteroatoms. The maximum Gasteiger partial charge on any atom is 0.267 e. The quantitative estimate of drug-likeness (QED) is 0.637. The third-order valence-corrected chi connectivity index (χ3v) is 3.60. The Labute approximate surface area is 147 Å². The van der Waals surface area contributed by atoms with Crippen LogP contribution in [0.4, 0.5) is 11.4 Å². The topological polar surface area (TPSA) is 88.7 Å². The number of nitrogens with zero attached hydrogens (tertiary/aromatic N) is 2. The highest BCUT2D eigenvalue weighted by molar-refractivity contribution is 6.06. The molecule has 0 fully saturated rings. The molecule has 124 valence electrons. The van der Waals surface area contributed by atoms with E-state index in [4.69, 9.17) is 5.26 Å². The minimum Gasteiger partial charge on any atom is -0.360 e. The molecule has 0 atom stereocenters. The molecule has 0 aromatic heterocycles. The number of hydrogen-bond donors (Lipinski definition) is 2. The van der Waals surface area contributed by atoms with Gasteiger partial charge in [-0.15, -0.1) is 0 Å². The van der Waals surface area contributed by atoms with Gasteiger partial charge in [-0.05, 0) is 47.9 Å². The molecule has 0 aliphatic rings. The normalized spacial score (nSPS) is 10.7. The van der Waals surface area contributed by atoms with Crippen LogP contribution in [0.3, 0.4) is 0 Å². The Bertz CT molecular complexity index is 851. The van der Waals surface area contributed by atoms with E-state index >= 15 is 0 Å². The average Bonchev–Trinajstić information content (AvgIpc) is 2.63. The van der Waals surface area contributed by atoms with Gasteiger partial charge in [0.25, 0.3) is 5.91 Å². The molecule has 1 amide bonds. The van der Waals surface area contributed by atoms with Crippen LogP contribution in [0.2, 0.25) is 0 Å². The highest BCUT2D eigenvalue weighted by atomic mass is 16.1. The van der Waals surface area contributed by atoms with Crippen LogP contribution >= 0.6 is 0 Å². The van der Waals surface area contributed by atoms with E-state index in [2.05, 4.69) is 24.5 Å². The van der Waals surface area contributed by atoms with Crippen molar-refractivity contribution in [2.45, 2.75) is 19.8 Å². The molecule has 0 aliphatic carbocycles. The Morgan fingerprint density at radius 2 is 1.60 bits per heavy atom. The summed E-state index contributed by atoms with van der Waals surface area (Å²) < 4.78 is 0. The fourth-order valence-electron chi connectivity index (χ4n) is 2.09. The summed E-state index contributed by atoms with van der Waals surface area (Å²) in [7, 11) is 0. The van der Waals surface area contributed by atoms with Gasteiger partial charge < -0.3 is 10.6 Å². The van der Waals surface area contributed by atoms with Gasteiger partial charge in [0.1, 0.15) is 11.6 Å². The van der Waals surface area contributed by atoms with Crippen molar-refractivity contribution in [3.8, 4) is 12.1 Å². The molecule has 2 aromatic carbocycles. The highest BCUT2D eigenvalue weighted by Crippen LogP contribution is 2.17. The van der Waals surface area contributed by atoms with Crippen molar-refractivity contribution < 1.29 is 4.79 Å². The van der Waals surface area contributed by atoms with Crippen molar-refractivity contribution in [2.75, 3.05) is 10.6 Å². The van der Waals surface area contributed by atoms with E-state index in [1.54, 1.807) is 24.3 Å². The van der Waals surface area contributed by atoms with E-state index in [0.29, 0.717) is 22.9 Å². The SMILES string of the molecule is CC(C)c1ccc(NC(=O)/C(C#N)=C\Nc2ccc(C#N)cc2)cc1. The standard InChI is InChI=1S/C20H18N4O/c1-14(2)16-5-9-19(10-6-16)24-20(25)17(12-22)13-23-18-7-3-15(11-21)4-8-18/h3-10,13-14,23H,1-2H3,(H,24,25)/b17-13-. The number of amides is 1. The summed E-state index contributed by atoms with van der Waals surface area (Å²) in [6.45, 7) is 4.19. The first-order valence-electron chi connectivity index (χ1n) is 7.81. The van der Waals surface area contributed by atoms with Crippen LogP contribution < -0.4 is 10.6 Å². The van der Waals surface area contributed by atoms with Gasteiger partial charge in [0.15, 0.2) is 0 Å². The second-order valence-corrected chi connectivity index (χ2v) is 5.73. The third-order valence-electron chi connectivity index (χ3n) is 3.60. The summed E-state index contributed by atoms with van der Waals surface area (Å²) in [6.07, 6.45) is 1.35. The molecule has 25 heavy (non-hydrogen) atoms. The average molecular weight is 330 g/mol. The summed E-state index contributed by atoms with van der Waals surface area (Å²) in [5, 5.41) is 23.5. The number of nitriles is 2. The minimum atomic E-state index is -0.485. The summed E-state index contributed by atoms with van der Waals surface area (Å²) >= 11 is 0. The number of carbonyl (C=O) groups excluding carboxylic acids is 1. The second kappa shape index (κ2) is 8.33. The first-order chi connectivity index (χ1) is 12.0. The lowest BCUT2D eigenvalue weighted by atomic mass is 10.0. The fourth-order valence-corrected chi connectivity index (χ4v) is 2.09. The molecule has 0 heterocycles. The van der Waals surface area contributed by atoms with E-state index in [0.717, 1.165) is 0 Å². The Balaban J connectivity index is 2.04. The van der Waals surface area contributed by atoms with Gasteiger partial charge in [0.2, 0.25) is 0 Å². The summed E-state index contributed by atoms with van der Waals surface area (Å²) in [5.74, 6) is -0.0723. The van der Waals surface area contributed by atoms with Crippen molar-refractivity contribution in [2.24, 2.45) is 0 Å². The zero-order chi connectivity index (χ0) is 18.2. The van der Waals surface area contributed by atoms with E-state index < -0.39 is 5.91 Å². The lowest BCUT2D eigenvalue weighted by Gasteiger charge is -2.08. The molecule has 2 aromatic rings. The van der Waals surface area contributed by atoms with Crippen molar-refractivity contribution >= 4 is 17.3 Å². The van der Waals surface area contributed by atoms with Crippen molar-refractivity contribution in [3.63, 3.8) is 0 Å². The minimum absolute atomic E-state index is 0.0442. The zero-order valence-corrected chi connectivity index (χ0v) is 14.1. The molecular formula is C20H18N4O. The molecule has 5 nitrogen and oxygen atoms in total. The van der Waals surface area contributed by atoms with Gasteiger partial charge in [-0.25, -0.2) is 0 Å². The smallest absolute Gasteiger partial charge is 0.267 e. The van der Waals surface area contributed by atoms with Crippen LogP contribution in [-0.2, 0) is 4.79 Å². The van der Waals surface area contributed by atoms with Gasteiger partial charge in [0, 0.05) is 17.6 Å². The van der Waals surface area contributed by atoms with Crippen molar-refractivity contribution in [3.05, 3.63) is 71.4 Å². The van der Waals surface area contributed by atoms with Crippen molar-refractivity contribution in [1.29, 1.82) is 10.5 Å². The molecule has 0 spiro atoms. The first kappa shape index (κ1) is 17.8. The summed E-state index contributed by atoms with van der Waals surface area (Å²) in [6, 6.07) is 18.1. The Morgan fingerprint density at radius 3 is 2.12 bits per heavy atom. The van der Waals surface area contributed by atoms with E-state index in [1.165, 1.54) is 11.8 Å². The summed E-state index contributed by atoms with van der Waals surface area (Å²) in [5.41, 5.74) is 2.99. The Morgan fingerprint density at radius 1 is 1.00 bits per heavy atom. The number of nitrogens with one attached hydrogen (secondary N) is 2. The number of anilines is 2. The number of carbonyl (C=O) groups is 1. The molecule has 2 N–H and O–H groups in total. The maximum atomic E-state index is 12.2. The van der Waals surface area contributed by atoms with E-state index in [-0.39, 0.29) is 5.57 Å². The van der Waals surface area contributed by atoms with Crippen LogP contribution in [0, 0.1) is 22.7 Å². The number of hydrogen-bond acceptors (Lipinski definition) is 4. The van der Waals surface area contributed by atoms with Crippen LogP contribution in [0.5, 0.6) is 0 Å². The first-order valence-corrected chi connectivity index (χ1v) is 7.81. The van der Waals surface area contributed by atoms with E-state index in [1.807, 2.05) is 36.4 Å². The van der Waals surface area contributed by atoms with Gasteiger partial charge in [-0.1, -0.05) is 26.0 Å². The second-order valence-electron chi connectivity index (χ2n) is 5.73. The zero-order valence-electron chi connectivity index (χ0n) is 14.1. The van der Waals surface area contributed by atoms with Crippen molar-refractivity contribution in [1.82, 2.24) is 0 Å². The lowest BCUT2D eigenvalue weighted by molar-refractivity contribution is -0.112. The highest BCUT2D eigenvalue weighted by Gasteiger charge is 2.09. The molecule has 0 saturated carbocycles. The summed E-state index contributed by atoms with van der Waals surface area (Å²) in [4.78, 5) is 12.2.